The Kier molecular flexibility index (Phi) is 2.33. The first-order valence-corrected chi connectivity index (χ1v) is 5.94. The van der Waals surface area contributed by atoms with Crippen molar-refractivity contribution < 1.29 is 0 Å². The first-order valence-electron chi connectivity index (χ1n) is 5.94. The van der Waals surface area contributed by atoms with E-state index in [0.717, 1.165) is 16.8 Å². The third-order valence-corrected chi connectivity index (χ3v) is 3.37. The molecule has 90 valence electrons. The number of nitrogen functional groups attached to an aromatic ring is 1. The molecule has 2 aromatic heterocycles. The van der Waals surface area contributed by atoms with Crippen LogP contribution in [0.3, 0.4) is 0 Å². The number of hydrogen-bond acceptors (Lipinski definition) is 2. The Balaban J connectivity index is 2.25. The zero-order valence-electron chi connectivity index (χ0n) is 10.5. The van der Waals surface area contributed by atoms with E-state index in [-0.39, 0.29) is 0 Å². The lowest BCUT2D eigenvalue weighted by Gasteiger charge is -2.06. The monoisotopic (exact) mass is 237 g/mol. The summed E-state index contributed by atoms with van der Waals surface area (Å²) in [5, 5.41) is 1.24. The Hall–Kier alpha value is -2.29. The summed E-state index contributed by atoms with van der Waals surface area (Å²) in [6, 6.07) is 12.6. The number of anilines is 1. The number of para-hydroxylation sites is 1. The molecule has 3 aromatic rings. The van der Waals surface area contributed by atoms with Crippen LogP contribution in [0.2, 0.25) is 0 Å². The maximum absolute atomic E-state index is 5.76. The molecule has 3 nitrogen and oxygen atoms in total. The maximum Gasteiger partial charge on any atom is 0.126 e. The molecular weight excluding hydrogens is 222 g/mol. The number of rotatable bonds is 1. The molecule has 0 aliphatic carbocycles. The van der Waals surface area contributed by atoms with Gasteiger partial charge >= 0.3 is 0 Å². The normalized spacial score (nSPS) is 11.0. The molecule has 18 heavy (non-hydrogen) atoms. The Morgan fingerprint density at radius 2 is 1.94 bits per heavy atom. The summed E-state index contributed by atoms with van der Waals surface area (Å²) < 4.78 is 2.18. The van der Waals surface area contributed by atoms with Gasteiger partial charge in [-0.05, 0) is 30.7 Å². The molecule has 0 amide bonds. The van der Waals surface area contributed by atoms with Crippen molar-refractivity contribution in [3.8, 4) is 11.3 Å². The van der Waals surface area contributed by atoms with Gasteiger partial charge in [0.05, 0.1) is 5.69 Å². The number of nitrogens with zero attached hydrogens (tertiary/aromatic N) is 2. The molecule has 3 heteroatoms. The fourth-order valence-corrected chi connectivity index (χ4v) is 2.29. The molecule has 0 saturated heterocycles. The summed E-state index contributed by atoms with van der Waals surface area (Å²) >= 11 is 0. The van der Waals surface area contributed by atoms with Gasteiger partial charge in [0.25, 0.3) is 0 Å². The molecule has 0 aliphatic heterocycles. The molecule has 0 spiro atoms. The quantitative estimate of drug-likeness (QED) is 0.706. The highest BCUT2D eigenvalue weighted by molar-refractivity contribution is 5.86. The van der Waals surface area contributed by atoms with Crippen LogP contribution in [0.15, 0.2) is 42.6 Å². The van der Waals surface area contributed by atoms with E-state index in [2.05, 4.69) is 53.0 Å². The van der Waals surface area contributed by atoms with E-state index in [9.17, 15) is 0 Å². The fraction of sp³-hybridized carbons (Fsp3) is 0.133. The van der Waals surface area contributed by atoms with E-state index >= 15 is 0 Å². The molecule has 1 aromatic carbocycles. The number of pyridine rings is 1. The van der Waals surface area contributed by atoms with Crippen molar-refractivity contribution in [1.29, 1.82) is 0 Å². The molecule has 0 unspecified atom stereocenters. The zero-order valence-corrected chi connectivity index (χ0v) is 10.5. The van der Waals surface area contributed by atoms with Crippen LogP contribution in [0.25, 0.3) is 22.2 Å². The van der Waals surface area contributed by atoms with Gasteiger partial charge in [-0.15, -0.1) is 0 Å². The lowest BCUT2D eigenvalue weighted by molar-refractivity contribution is 0.976. The minimum atomic E-state index is 0.595. The number of nitrogens with two attached hydrogens (primary N) is 1. The molecule has 0 atom stereocenters. The Morgan fingerprint density at radius 3 is 2.67 bits per heavy atom. The van der Waals surface area contributed by atoms with Gasteiger partial charge in [0.1, 0.15) is 5.82 Å². The van der Waals surface area contributed by atoms with Crippen molar-refractivity contribution in [1.82, 2.24) is 9.55 Å². The summed E-state index contributed by atoms with van der Waals surface area (Å²) in [7, 11) is 2.07. The van der Waals surface area contributed by atoms with E-state index < -0.39 is 0 Å². The van der Waals surface area contributed by atoms with Crippen LogP contribution < -0.4 is 5.73 Å². The largest absolute Gasteiger partial charge is 0.383 e. The third-order valence-electron chi connectivity index (χ3n) is 3.37. The first kappa shape index (κ1) is 10.8. The predicted octanol–water partition coefficient (Wildman–Crippen LogP) is 3.13. The van der Waals surface area contributed by atoms with Crippen molar-refractivity contribution in [3.05, 3.63) is 48.2 Å². The van der Waals surface area contributed by atoms with Crippen LogP contribution in [0.5, 0.6) is 0 Å². The summed E-state index contributed by atoms with van der Waals surface area (Å²) in [5.74, 6) is 0.595. The zero-order chi connectivity index (χ0) is 12.7. The van der Waals surface area contributed by atoms with E-state index in [1.807, 2.05) is 13.1 Å². The van der Waals surface area contributed by atoms with Crippen LogP contribution in [0.4, 0.5) is 5.82 Å². The van der Waals surface area contributed by atoms with Gasteiger partial charge in [-0.2, -0.15) is 0 Å². The van der Waals surface area contributed by atoms with Crippen LogP contribution >= 0.6 is 0 Å². The van der Waals surface area contributed by atoms with Gasteiger partial charge in [-0.1, -0.05) is 18.2 Å². The van der Waals surface area contributed by atoms with E-state index in [0.29, 0.717) is 5.82 Å². The molecular formula is C15H15N3. The van der Waals surface area contributed by atoms with Crippen molar-refractivity contribution in [2.75, 3.05) is 5.73 Å². The number of fused-ring (bicyclic) bond motifs is 1. The minimum absolute atomic E-state index is 0.595. The average Bonchev–Trinajstić information content (AvgIpc) is 2.71. The standard InChI is InChI=1S/C15H15N3/c1-10-7-12(9-17-15(10)16)14-8-11-5-3-4-6-13(11)18(14)2/h3-9H,1-2H3,(H2,16,17). The first-order chi connectivity index (χ1) is 8.66. The number of aromatic nitrogens is 2. The maximum atomic E-state index is 5.76. The second kappa shape index (κ2) is 3.88. The Morgan fingerprint density at radius 1 is 1.17 bits per heavy atom. The minimum Gasteiger partial charge on any atom is -0.383 e. The van der Waals surface area contributed by atoms with Gasteiger partial charge in [-0.3, -0.25) is 0 Å². The fourth-order valence-electron chi connectivity index (χ4n) is 2.29. The number of hydrogen-bond donors (Lipinski definition) is 1. The Labute approximate surface area is 106 Å². The van der Waals surface area contributed by atoms with Crippen LogP contribution in [-0.4, -0.2) is 9.55 Å². The molecule has 0 fully saturated rings. The van der Waals surface area contributed by atoms with Gasteiger partial charge in [0, 0.05) is 29.7 Å². The highest BCUT2D eigenvalue weighted by Crippen LogP contribution is 2.27. The second-order valence-electron chi connectivity index (χ2n) is 4.57. The van der Waals surface area contributed by atoms with Crippen LogP contribution in [0, 0.1) is 6.92 Å². The summed E-state index contributed by atoms with van der Waals surface area (Å²) in [6.45, 7) is 1.98. The summed E-state index contributed by atoms with van der Waals surface area (Å²) in [4.78, 5) is 4.23. The number of aryl methyl sites for hydroxylation is 2. The lowest BCUT2D eigenvalue weighted by atomic mass is 10.1. The number of benzene rings is 1. The van der Waals surface area contributed by atoms with Gasteiger partial charge in [0.2, 0.25) is 0 Å². The molecule has 0 bridgehead atoms. The molecule has 0 aliphatic rings. The second-order valence-corrected chi connectivity index (χ2v) is 4.57. The summed E-state index contributed by atoms with van der Waals surface area (Å²) in [5.41, 5.74) is 10.3. The lowest BCUT2D eigenvalue weighted by Crippen LogP contribution is -1.96. The highest BCUT2D eigenvalue weighted by atomic mass is 14.9. The van der Waals surface area contributed by atoms with Gasteiger partial charge < -0.3 is 10.3 Å². The topological polar surface area (TPSA) is 43.8 Å². The third kappa shape index (κ3) is 1.56. The molecule has 2 heterocycles. The molecule has 3 rings (SSSR count). The van der Waals surface area contributed by atoms with Crippen molar-refractivity contribution >= 4 is 16.7 Å². The van der Waals surface area contributed by atoms with Gasteiger partial charge in [0.15, 0.2) is 0 Å². The van der Waals surface area contributed by atoms with Gasteiger partial charge in [-0.25, -0.2) is 4.98 Å². The SMILES string of the molecule is Cc1cc(-c2cc3ccccc3n2C)cnc1N. The Bertz CT molecular complexity index is 726. The highest BCUT2D eigenvalue weighted by Gasteiger charge is 2.08. The van der Waals surface area contributed by atoms with E-state index in [1.165, 1.54) is 10.9 Å². The van der Waals surface area contributed by atoms with Crippen LogP contribution in [0.1, 0.15) is 5.56 Å². The van der Waals surface area contributed by atoms with Crippen molar-refractivity contribution in [2.24, 2.45) is 7.05 Å². The van der Waals surface area contributed by atoms with E-state index in [4.69, 9.17) is 5.73 Å². The van der Waals surface area contributed by atoms with E-state index in [1.54, 1.807) is 0 Å². The molecule has 0 radical (unpaired) electrons. The molecule has 0 saturated carbocycles. The smallest absolute Gasteiger partial charge is 0.126 e. The van der Waals surface area contributed by atoms with Crippen LogP contribution in [-0.2, 0) is 7.05 Å². The predicted molar refractivity (Wildman–Crippen MR) is 75.3 cm³/mol. The molecule has 2 N–H and O–H groups in total. The average molecular weight is 237 g/mol. The van der Waals surface area contributed by atoms with Crippen molar-refractivity contribution in [2.45, 2.75) is 6.92 Å². The summed E-state index contributed by atoms with van der Waals surface area (Å²) in [6.07, 6.45) is 1.83. The van der Waals surface area contributed by atoms with Crippen molar-refractivity contribution in [3.63, 3.8) is 0 Å².